The first-order chi connectivity index (χ1) is 11.4. The molecule has 0 radical (unpaired) electrons. The summed E-state index contributed by atoms with van der Waals surface area (Å²) in [7, 11) is 0. The Morgan fingerprint density at radius 1 is 0.577 bits per heavy atom. The highest BCUT2D eigenvalue weighted by Gasteiger charge is 2.79. The van der Waals surface area contributed by atoms with Gasteiger partial charge in [-0.05, 0) is 74.9 Å². The van der Waals surface area contributed by atoms with Gasteiger partial charge in [-0.2, -0.15) is 0 Å². The van der Waals surface area contributed by atoms with Crippen LogP contribution in [0, 0.1) is 62.1 Å². The summed E-state index contributed by atoms with van der Waals surface area (Å²) in [4.78, 5) is 0. The number of hydrogen-bond acceptors (Lipinski definition) is 0. The lowest BCUT2D eigenvalue weighted by atomic mass is 9.25. The largest absolute Gasteiger partial charge is 0.0622 e. The molecule has 152 valence electrons. The molecule has 7 atom stereocenters. The molecule has 0 heteroatoms. The molecule has 3 saturated carbocycles. The third kappa shape index (κ3) is 1.76. The highest BCUT2D eigenvalue weighted by atomic mass is 14.8. The molecule has 0 aromatic rings. The van der Waals surface area contributed by atoms with Gasteiger partial charge in [0.1, 0.15) is 0 Å². The first-order valence-electron chi connectivity index (χ1n) is 11.4. The van der Waals surface area contributed by atoms with Gasteiger partial charge in [-0.25, -0.2) is 0 Å². The van der Waals surface area contributed by atoms with Crippen molar-refractivity contribution < 1.29 is 0 Å². The molecule has 0 saturated heterocycles. The average molecular weight is 361 g/mol. The van der Waals surface area contributed by atoms with Crippen LogP contribution in [0.3, 0.4) is 0 Å². The van der Waals surface area contributed by atoms with E-state index in [0.717, 1.165) is 29.6 Å². The minimum atomic E-state index is 0.269. The monoisotopic (exact) mass is 360 g/mol. The molecule has 3 aliphatic rings. The van der Waals surface area contributed by atoms with Gasteiger partial charge in [-0.15, -0.1) is 0 Å². The molecule has 0 heterocycles. The van der Waals surface area contributed by atoms with E-state index in [0.29, 0.717) is 21.7 Å². The second-order valence-electron chi connectivity index (χ2n) is 13.4. The van der Waals surface area contributed by atoms with Gasteiger partial charge >= 0.3 is 0 Å². The van der Waals surface area contributed by atoms with E-state index in [1.165, 1.54) is 12.8 Å². The topological polar surface area (TPSA) is 0 Å². The first kappa shape index (κ1) is 20.7. The molecule has 0 N–H and O–H groups in total. The van der Waals surface area contributed by atoms with Crippen molar-refractivity contribution in [3.8, 4) is 0 Å². The molecule has 0 bridgehead atoms. The van der Waals surface area contributed by atoms with Crippen LogP contribution in [0.2, 0.25) is 0 Å². The van der Waals surface area contributed by atoms with Crippen LogP contribution in [0.15, 0.2) is 0 Å². The maximum absolute atomic E-state index is 2.71. The Bertz CT molecular complexity index is 591. The van der Waals surface area contributed by atoms with Gasteiger partial charge in [0.2, 0.25) is 0 Å². The van der Waals surface area contributed by atoms with Crippen molar-refractivity contribution in [1.82, 2.24) is 0 Å². The molecule has 3 fully saturated rings. The van der Waals surface area contributed by atoms with Crippen molar-refractivity contribution in [2.75, 3.05) is 0 Å². The lowest BCUT2D eigenvalue weighted by Gasteiger charge is -2.79. The fourth-order valence-corrected chi connectivity index (χ4v) is 8.99. The van der Waals surface area contributed by atoms with E-state index in [2.05, 4.69) is 90.0 Å². The molecule has 0 aliphatic heterocycles. The second-order valence-corrected chi connectivity index (χ2v) is 13.4. The maximum Gasteiger partial charge on any atom is -0.0179 e. The maximum atomic E-state index is 2.71. The molecular weight excluding hydrogens is 312 g/mol. The number of fused-ring (bicyclic) bond motifs is 4. The van der Waals surface area contributed by atoms with Gasteiger partial charge in [0.15, 0.2) is 0 Å². The fraction of sp³-hybridized carbons (Fsp3) is 1.00. The van der Waals surface area contributed by atoms with Gasteiger partial charge in [0, 0.05) is 0 Å². The van der Waals surface area contributed by atoms with Crippen molar-refractivity contribution in [1.29, 1.82) is 0 Å². The van der Waals surface area contributed by atoms with Crippen molar-refractivity contribution >= 4 is 0 Å². The van der Waals surface area contributed by atoms with Crippen LogP contribution in [-0.4, -0.2) is 0 Å². The van der Waals surface area contributed by atoms with Crippen LogP contribution in [0.4, 0.5) is 0 Å². The molecule has 7 unspecified atom stereocenters. The molecular formula is C26H48. The molecule has 3 rings (SSSR count). The minimum absolute atomic E-state index is 0.269. The van der Waals surface area contributed by atoms with Crippen LogP contribution in [-0.2, 0) is 0 Å². The SMILES string of the molecule is CC1CC2C3CC(C)C(C)(C)C(C)(C)C(C)(C)C(C)(C)C3(C)C2(C)C1C. The standard InChI is InChI=1S/C26H48/c1-16-14-19-20-15-17(2)21(4,5)22(6,7)23(8,9)24(10,11)26(20,13)25(19,12)18(16)3/h16-20H,14-15H2,1-13H3. The summed E-state index contributed by atoms with van der Waals surface area (Å²) >= 11 is 0. The van der Waals surface area contributed by atoms with Crippen molar-refractivity contribution in [2.24, 2.45) is 62.1 Å². The molecule has 0 aromatic heterocycles. The normalized spacial score (nSPS) is 53.7. The van der Waals surface area contributed by atoms with Crippen molar-refractivity contribution in [3.05, 3.63) is 0 Å². The first-order valence-corrected chi connectivity index (χ1v) is 11.4. The summed E-state index contributed by atoms with van der Waals surface area (Å²) < 4.78 is 0. The lowest BCUT2D eigenvalue weighted by molar-refractivity contribution is -0.317. The van der Waals surface area contributed by atoms with E-state index >= 15 is 0 Å². The molecule has 0 aromatic carbocycles. The van der Waals surface area contributed by atoms with Gasteiger partial charge in [0.25, 0.3) is 0 Å². The van der Waals surface area contributed by atoms with Crippen molar-refractivity contribution in [3.63, 3.8) is 0 Å². The van der Waals surface area contributed by atoms with E-state index in [4.69, 9.17) is 0 Å². The van der Waals surface area contributed by atoms with Gasteiger partial charge in [0.05, 0.1) is 0 Å². The lowest BCUT2D eigenvalue weighted by Crippen LogP contribution is -2.74. The van der Waals surface area contributed by atoms with Gasteiger partial charge < -0.3 is 0 Å². The predicted molar refractivity (Wildman–Crippen MR) is 115 cm³/mol. The smallest absolute Gasteiger partial charge is 0.0179 e. The van der Waals surface area contributed by atoms with E-state index in [1.807, 2.05) is 0 Å². The third-order valence-electron chi connectivity index (χ3n) is 13.4. The quantitative estimate of drug-likeness (QED) is 0.409. The molecule has 0 spiro atoms. The Morgan fingerprint density at radius 2 is 1.08 bits per heavy atom. The third-order valence-corrected chi connectivity index (χ3v) is 13.4. The summed E-state index contributed by atoms with van der Waals surface area (Å²) in [5.74, 6) is 4.32. The molecule has 0 nitrogen and oxygen atoms in total. The van der Waals surface area contributed by atoms with Crippen molar-refractivity contribution in [2.45, 2.75) is 103 Å². The van der Waals surface area contributed by atoms with Crippen LogP contribution in [0.5, 0.6) is 0 Å². The van der Waals surface area contributed by atoms with E-state index in [-0.39, 0.29) is 10.8 Å². The minimum Gasteiger partial charge on any atom is -0.0622 e. The van der Waals surface area contributed by atoms with E-state index < -0.39 is 0 Å². The Morgan fingerprint density at radius 3 is 1.58 bits per heavy atom. The van der Waals surface area contributed by atoms with Crippen LogP contribution in [0.1, 0.15) is 103 Å². The zero-order valence-corrected chi connectivity index (χ0v) is 20.3. The summed E-state index contributed by atoms with van der Waals surface area (Å²) in [6, 6.07) is 0. The summed E-state index contributed by atoms with van der Waals surface area (Å²) in [6.07, 6.45) is 2.89. The average Bonchev–Trinajstić information content (AvgIpc) is 2.73. The Kier molecular flexibility index (Phi) is 4.09. The van der Waals surface area contributed by atoms with Crippen LogP contribution < -0.4 is 0 Å². The predicted octanol–water partition coefficient (Wildman–Crippen LogP) is 8.07. The summed E-state index contributed by atoms with van der Waals surface area (Å²) in [5.41, 5.74) is 2.11. The van der Waals surface area contributed by atoms with Gasteiger partial charge in [-0.3, -0.25) is 0 Å². The summed E-state index contributed by atoms with van der Waals surface area (Å²) in [6.45, 7) is 33.9. The Hall–Kier alpha value is 0. The molecule has 26 heavy (non-hydrogen) atoms. The highest BCUT2D eigenvalue weighted by molar-refractivity contribution is 5.26. The zero-order chi connectivity index (χ0) is 20.3. The number of rotatable bonds is 0. The highest BCUT2D eigenvalue weighted by Crippen LogP contribution is 2.84. The second kappa shape index (κ2) is 5.13. The Balaban J connectivity index is 2.25. The zero-order valence-electron chi connectivity index (χ0n) is 20.3. The Labute approximate surface area is 165 Å². The fourth-order valence-electron chi connectivity index (χ4n) is 8.99. The summed E-state index contributed by atoms with van der Waals surface area (Å²) in [5, 5.41) is 0. The molecule has 0 amide bonds. The van der Waals surface area contributed by atoms with Gasteiger partial charge in [-0.1, -0.05) is 90.0 Å². The number of hydrogen-bond donors (Lipinski definition) is 0. The van der Waals surface area contributed by atoms with E-state index in [1.54, 1.807) is 0 Å². The van der Waals surface area contributed by atoms with Crippen LogP contribution >= 0.6 is 0 Å². The molecule has 3 aliphatic carbocycles. The van der Waals surface area contributed by atoms with E-state index in [9.17, 15) is 0 Å². The van der Waals surface area contributed by atoms with Crippen LogP contribution in [0.25, 0.3) is 0 Å².